The van der Waals surface area contributed by atoms with Gasteiger partial charge in [0, 0.05) is 6.42 Å². The van der Waals surface area contributed by atoms with Crippen LogP contribution in [0.3, 0.4) is 0 Å². The molecule has 1 aromatic rings. The van der Waals surface area contributed by atoms with Crippen molar-refractivity contribution in [3.05, 3.63) is 23.8 Å². The van der Waals surface area contributed by atoms with Crippen LogP contribution in [0, 0.1) is 11.3 Å². The monoisotopic (exact) mass is 375 g/mol. The molecule has 2 fully saturated rings. The SMILES string of the molecule is COc1ccc(C2(C#N)CCC(OC(=O)O)CC2)cc1O[C@@H]1CC[C@H](O)C1. The Morgan fingerprint density at radius 2 is 1.93 bits per heavy atom. The summed E-state index contributed by atoms with van der Waals surface area (Å²) in [5, 5.41) is 28.4. The first-order valence-electron chi connectivity index (χ1n) is 9.30. The number of hydrogen-bond acceptors (Lipinski definition) is 6. The topological polar surface area (TPSA) is 109 Å². The fraction of sp³-hybridized carbons (Fsp3) is 0.600. The fourth-order valence-electron chi connectivity index (χ4n) is 4.08. The summed E-state index contributed by atoms with van der Waals surface area (Å²) >= 11 is 0. The van der Waals surface area contributed by atoms with Crippen LogP contribution in [0.5, 0.6) is 11.5 Å². The van der Waals surface area contributed by atoms with Crippen molar-refractivity contribution < 1.29 is 29.2 Å². The van der Waals surface area contributed by atoms with Gasteiger partial charge in [-0.3, -0.25) is 0 Å². The molecule has 0 spiro atoms. The number of hydrogen-bond donors (Lipinski definition) is 2. The largest absolute Gasteiger partial charge is 0.506 e. The van der Waals surface area contributed by atoms with E-state index in [1.54, 1.807) is 13.2 Å². The van der Waals surface area contributed by atoms with Gasteiger partial charge in [0.1, 0.15) is 12.2 Å². The van der Waals surface area contributed by atoms with E-state index in [1.165, 1.54) is 0 Å². The zero-order valence-corrected chi connectivity index (χ0v) is 15.4. The molecule has 0 heterocycles. The quantitative estimate of drug-likeness (QED) is 0.759. The molecule has 1 aromatic carbocycles. The second kappa shape index (κ2) is 8.05. The number of nitriles is 1. The van der Waals surface area contributed by atoms with Crippen LogP contribution < -0.4 is 9.47 Å². The van der Waals surface area contributed by atoms with Crippen molar-refractivity contribution in [2.75, 3.05) is 7.11 Å². The van der Waals surface area contributed by atoms with Crippen LogP contribution in [0.1, 0.15) is 50.5 Å². The van der Waals surface area contributed by atoms with Gasteiger partial charge in [0.25, 0.3) is 0 Å². The number of methoxy groups -OCH3 is 1. The maximum absolute atomic E-state index is 10.7. The van der Waals surface area contributed by atoms with E-state index < -0.39 is 11.6 Å². The van der Waals surface area contributed by atoms with Gasteiger partial charge in [0.15, 0.2) is 11.5 Å². The Bertz CT molecular complexity index is 720. The van der Waals surface area contributed by atoms with E-state index >= 15 is 0 Å². The third kappa shape index (κ3) is 4.28. The second-order valence-corrected chi connectivity index (χ2v) is 7.35. The number of carboxylic acid groups (broad SMARTS) is 1. The molecule has 2 saturated carbocycles. The summed E-state index contributed by atoms with van der Waals surface area (Å²) in [6.07, 6.45) is 2.12. The Morgan fingerprint density at radius 1 is 1.19 bits per heavy atom. The van der Waals surface area contributed by atoms with Gasteiger partial charge in [-0.05, 0) is 56.2 Å². The molecule has 2 aliphatic rings. The van der Waals surface area contributed by atoms with Crippen molar-refractivity contribution in [3.63, 3.8) is 0 Å². The lowest BCUT2D eigenvalue weighted by Gasteiger charge is -2.35. The van der Waals surface area contributed by atoms with Crippen LogP contribution in [-0.2, 0) is 10.2 Å². The summed E-state index contributed by atoms with van der Waals surface area (Å²) in [6, 6.07) is 7.96. The molecule has 7 heteroatoms. The molecular weight excluding hydrogens is 350 g/mol. The lowest BCUT2D eigenvalue weighted by atomic mass is 9.69. The minimum atomic E-state index is -1.27. The first-order valence-corrected chi connectivity index (χ1v) is 9.30. The highest BCUT2D eigenvalue weighted by atomic mass is 16.7. The molecule has 146 valence electrons. The van der Waals surface area contributed by atoms with Crippen molar-refractivity contribution in [3.8, 4) is 17.6 Å². The van der Waals surface area contributed by atoms with Gasteiger partial charge < -0.3 is 24.4 Å². The molecule has 2 atom stereocenters. The molecule has 2 aliphatic carbocycles. The van der Waals surface area contributed by atoms with Crippen LogP contribution in [-0.4, -0.2) is 41.8 Å². The Hall–Kier alpha value is -2.46. The minimum absolute atomic E-state index is 0.0677. The van der Waals surface area contributed by atoms with Crippen LogP contribution >= 0.6 is 0 Å². The van der Waals surface area contributed by atoms with Gasteiger partial charge in [0.2, 0.25) is 0 Å². The van der Waals surface area contributed by atoms with E-state index in [0.29, 0.717) is 43.6 Å². The first kappa shape index (κ1) is 19.3. The molecule has 0 aromatic heterocycles. The smallest absolute Gasteiger partial charge is 0.493 e. The summed E-state index contributed by atoms with van der Waals surface area (Å²) in [5.41, 5.74) is 0.144. The average molecular weight is 375 g/mol. The normalized spacial score (nSPS) is 30.3. The van der Waals surface area contributed by atoms with E-state index in [-0.39, 0.29) is 18.3 Å². The molecule has 2 N–H and O–H groups in total. The molecule has 0 unspecified atom stereocenters. The Kier molecular flexibility index (Phi) is 5.76. The molecule has 0 bridgehead atoms. The summed E-state index contributed by atoms with van der Waals surface area (Å²) in [5.74, 6) is 1.17. The number of nitrogens with zero attached hydrogens (tertiary/aromatic N) is 1. The third-order valence-corrected chi connectivity index (χ3v) is 5.63. The summed E-state index contributed by atoms with van der Waals surface area (Å²) in [7, 11) is 1.57. The third-order valence-electron chi connectivity index (χ3n) is 5.63. The van der Waals surface area contributed by atoms with Gasteiger partial charge in [-0.2, -0.15) is 5.26 Å². The Morgan fingerprint density at radius 3 is 2.48 bits per heavy atom. The first-order chi connectivity index (χ1) is 13.0. The molecule has 0 radical (unpaired) electrons. The lowest BCUT2D eigenvalue weighted by Crippen LogP contribution is -2.34. The van der Waals surface area contributed by atoms with Gasteiger partial charge in [-0.1, -0.05) is 6.07 Å². The maximum atomic E-state index is 10.7. The van der Waals surface area contributed by atoms with Crippen molar-refractivity contribution in [1.82, 2.24) is 0 Å². The molecule has 0 amide bonds. The average Bonchev–Trinajstić information content (AvgIpc) is 3.07. The lowest BCUT2D eigenvalue weighted by molar-refractivity contribution is 0.0286. The maximum Gasteiger partial charge on any atom is 0.506 e. The number of carbonyl (C=O) groups is 1. The van der Waals surface area contributed by atoms with E-state index in [2.05, 4.69) is 6.07 Å². The highest BCUT2D eigenvalue weighted by Crippen LogP contribution is 2.43. The molecule has 0 saturated heterocycles. The number of benzene rings is 1. The Balaban J connectivity index is 1.79. The van der Waals surface area contributed by atoms with E-state index in [1.807, 2.05) is 12.1 Å². The molecular formula is C20H25NO6. The van der Waals surface area contributed by atoms with Gasteiger partial charge >= 0.3 is 6.16 Å². The highest BCUT2D eigenvalue weighted by molar-refractivity contribution is 5.57. The minimum Gasteiger partial charge on any atom is -0.493 e. The number of ether oxygens (including phenoxy) is 3. The van der Waals surface area contributed by atoms with Crippen LogP contribution in [0.15, 0.2) is 18.2 Å². The fourth-order valence-corrected chi connectivity index (χ4v) is 4.08. The van der Waals surface area contributed by atoms with E-state index in [0.717, 1.165) is 18.4 Å². The zero-order valence-electron chi connectivity index (χ0n) is 15.4. The van der Waals surface area contributed by atoms with E-state index in [4.69, 9.17) is 19.3 Å². The summed E-state index contributed by atoms with van der Waals surface area (Å²) < 4.78 is 16.3. The summed E-state index contributed by atoms with van der Waals surface area (Å²) in [4.78, 5) is 10.7. The van der Waals surface area contributed by atoms with E-state index in [9.17, 15) is 15.2 Å². The van der Waals surface area contributed by atoms with Crippen molar-refractivity contribution >= 4 is 6.16 Å². The molecule has 0 aliphatic heterocycles. The van der Waals surface area contributed by atoms with Gasteiger partial charge in [0.05, 0.1) is 24.7 Å². The predicted octanol–water partition coefficient (Wildman–Crippen LogP) is 3.39. The molecule has 27 heavy (non-hydrogen) atoms. The molecule has 3 rings (SSSR count). The summed E-state index contributed by atoms with van der Waals surface area (Å²) in [6.45, 7) is 0. The van der Waals surface area contributed by atoms with Crippen molar-refractivity contribution in [1.29, 1.82) is 5.26 Å². The highest BCUT2D eigenvalue weighted by Gasteiger charge is 2.39. The van der Waals surface area contributed by atoms with Crippen molar-refractivity contribution in [2.24, 2.45) is 0 Å². The zero-order chi connectivity index (χ0) is 19.4. The second-order valence-electron chi connectivity index (χ2n) is 7.35. The standard InChI is InChI=1S/C20H25NO6/c1-25-17-5-2-13(10-18(17)26-16-4-3-14(22)11-16)20(12-21)8-6-15(7-9-20)27-19(23)24/h2,5,10,14-16,22H,3-4,6-9,11H2,1H3,(H,23,24)/t14-,15?,16+,20?/m0/s1. The number of aliphatic hydroxyl groups excluding tert-OH is 1. The van der Waals surface area contributed by atoms with Crippen molar-refractivity contribution in [2.45, 2.75) is 68.7 Å². The number of rotatable bonds is 5. The van der Waals surface area contributed by atoms with Crippen LogP contribution in [0.25, 0.3) is 0 Å². The number of aliphatic hydroxyl groups is 1. The molecule has 7 nitrogen and oxygen atoms in total. The van der Waals surface area contributed by atoms with Crippen LogP contribution in [0.2, 0.25) is 0 Å². The van der Waals surface area contributed by atoms with Crippen LogP contribution in [0.4, 0.5) is 4.79 Å². The van der Waals surface area contributed by atoms with Gasteiger partial charge in [-0.25, -0.2) is 4.79 Å². The predicted molar refractivity (Wildman–Crippen MR) is 95.9 cm³/mol. The Labute approximate surface area is 158 Å². The van der Waals surface area contributed by atoms with Gasteiger partial charge in [-0.15, -0.1) is 0 Å².